The topological polar surface area (TPSA) is 126 Å². The van der Waals surface area contributed by atoms with Crippen LogP contribution in [0.4, 0.5) is 5.69 Å². The Morgan fingerprint density at radius 3 is 2.37 bits per heavy atom. The maximum Gasteiger partial charge on any atom is 0.338 e. The molecule has 2 aromatic rings. The van der Waals surface area contributed by atoms with Crippen molar-refractivity contribution in [2.24, 2.45) is 5.73 Å². The van der Waals surface area contributed by atoms with Crippen molar-refractivity contribution in [1.82, 2.24) is 0 Å². The minimum Gasteiger partial charge on any atom is -0.495 e. The quantitative estimate of drug-likeness (QED) is 0.547. The highest BCUT2D eigenvalue weighted by atomic mass is 35.5. The molecule has 0 saturated carbocycles. The van der Waals surface area contributed by atoms with Gasteiger partial charge >= 0.3 is 5.97 Å². The molecule has 2 amide bonds. The van der Waals surface area contributed by atoms with Gasteiger partial charge < -0.3 is 30.0 Å². The van der Waals surface area contributed by atoms with Crippen molar-refractivity contribution in [2.75, 3.05) is 32.8 Å². The largest absolute Gasteiger partial charge is 0.495 e. The van der Waals surface area contributed by atoms with Crippen LogP contribution in [0.25, 0.3) is 0 Å². The summed E-state index contributed by atoms with van der Waals surface area (Å²) in [5.74, 6) is -0.742. The van der Waals surface area contributed by atoms with Gasteiger partial charge in [-0.2, -0.15) is 0 Å². The zero-order valence-corrected chi connectivity index (χ0v) is 17.2. The van der Waals surface area contributed by atoms with Gasteiger partial charge in [0.25, 0.3) is 5.91 Å². The summed E-state index contributed by atoms with van der Waals surface area (Å²) in [4.78, 5) is 34.9. The molecular formula is C20H21ClN2O7. The second-order valence-corrected chi connectivity index (χ2v) is 6.34. The lowest BCUT2D eigenvalue weighted by atomic mass is 10.2. The predicted molar refractivity (Wildman–Crippen MR) is 109 cm³/mol. The Morgan fingerprint density at radius 1 is 1.00 bits per heavy atom. The minimum atomic E-state index is -0.646. The highest BCUT2D eigenvalue weighted by Gasteiger charge is 2.15. The number of benzene rings is 2. The first-order chi connectivity index (χ1) is 14.3. The molecule has 0 aliphatic heterocycles. The van der Waals surface area contributed by atoms with Gasteiger partial charge in [0, 0.05) is 5.02 Å². The highest BCUT2D eigenvalue weighted by Crippen LogP contribution is 2.29. The Balaban J connectivity index is 1.99. The molecule has 0 heterocycles. The van der Waals surface area contributed by atoms with E-state index in [1.165, 1.54) is 32.4 Å². The van der Waals surface area contributed by atoms with Gasteiger partial charge in [0.2, 0.25) is 5.91 Å². The highest BCUT2D eigenvalue weighted by molar-refractivity contribution is 6.31. The monoisotopic (exact) mass is 436 g/mol. The lowest BCUT2D eigenvalue weighted by molar-refractivity contribution is -0.119. The van der Waals surface area contributed by atoms with Crippen molar-refractivity contribution in [2.45, 2.75) is 6.42 Å². The minimum absolute atomic E-state index is 0.0728. The Hall–Kier alpha value is -3.46. The Morgan fingerprint density at radius 2 is 1.70 bits per heavy atom. The molecule has 160 valence electrons. The fraction of sp³-hybridized carbons (Fsp3) is 0.250. The molecule has 10 heteroatoms. The molecule has 0 unspecified atom stereocenters. The number of hydrogen-bond donors (Lipinski definition) is 2. The van der Waals surface area contributed by atoms with E-state index in [1.807, 2.05) is 0 Å². The molecule has 0 aliphatic rings. The van der Waals surface area contributed by atoms with Crippen molar-refractivity contribution < 1.29 is 33.3 Å². The van der Waals surface area contributed by atoms with E-state index < -0.39 is 17.8 Å². The van der Waals surface area contributed by atoms with Crippen molar-refractivity contribution in [1.29, 1.82) is 0 Å². The second kappa shape index (κ2) is 10.9. The van der Waals surface area contributed by atoms with Crippen molar-refractivity contribution in [3.8, 4) is 17.2 Å². The van der Waals surface area contributed by atoms with Crippen LogP contribution >= 0.6 is 11.6 Å². The van der Waals surface area contributed by atoms with Crippen LogP contribution in [0.15, 0.2) is 36.4 Å². The molecule has 0 spiro atoms. The van der Waals surface area contributed by atoms with E-state index in [0.717, 1.165) is 0 Å². The molecule has 0 bridgehead atoms. The number of methoxy groups -OCH3 is 2. The van der Waals surface area contributed by atoms with Gasteiger partial charge in [0.1, 0.15) is 12.4 Å². The van der Waals surface area contributed by atoms with Gasteiger partial charge in [-0.1, -0.05) is 11.6 Å². The zero-order chi connectivity index (χ0) is 22.1. The number of nitrogens with one attached hydrogen (secondary N) is 1. The number of nitrogens with two attached hydrogens (primary N) is 1. The summed E-state index contributed by atoms with van der Waals surface area (Å²) in [7, 11) is 2.86. The van der Waals surface area contributed by atoms with E-state index in [9.17, 15) is 14.4 Å². The smallest absolute Gasteiger partial charge is 0.338 e. The number of carbonyl (C=O) groups excluding carboxylic acids is 3. The summed E-state index contributed by atoms with van der Waals surface area (Å²) in [5.41, 5.74) is 5.59. The van der Waals surface area contributed by atoms with Crippen LogP contribution in [-0.2, 0) is 14.3 Å². The first kappa shape index (κ1) is 22.8. The molecular weight excluding hydrogens is 416 g/mol. The number of primary amides is 1. The summed E-state index contributed by atoms with van der Waals surface area (Å²) in [6.45, 7) is -0.448. The Kier molecular flexibility index (Phi) is 8.30. The number of ether oxygens (including phenoxy) is 4. The van der Waals surface area contributed by atoms with Gasteiger partial charge in [-0.25, -0.2) is 4.79 Å². The van der Waals surface area contributed by atoms with E-state index in [1.54, 1.807) is 18.2 Å². The van der Waals surface area contributed by atoms with Crippen LogP contribution in [-0.4, -0.2) is 45.2 Å². The SMILES string of the molecule is COc1ccc(Cl)cc1NC(=O)COc1ccc(C(=O)OCCC(N)=O)cc1OC. The van der Waals surface area contributed by atoms with Gasteiger partial charge in [-0.3, -0.25) is 9.59 Å². The Labute approximate surface area is 178 Å². The second-order valence-electron chi connectivity index (χ2n) is 5.90. The number of carbonyl (C=O) groups is 3. The normalized spacial score (nSPS) is 10.1. The van der Waals surface area contributed by atoms with E-state index >= 15 is 0 Å². The third-order valence-corrected chi connectivity index (χ3v) is 4.01. The average molecular weight is 437 g/mol. The van der Waals surface area contributed by atoms with Crippen LogP contribution in [0.1, 0.15) is 16.8 Å². The molecule has 2 rings (SSSR count). The van der Waals surface area contributed by atoms with Gasteiger partial charge in [-0.05, 0) is 36.4 Å². The number of rotatable bonds is 10. The van der Waals surface area contributed by atoms with Crippen LogP contribution < -0.4 is 25.3 Å². The molecule has 0 atom stereocenters. The zero-order valence-electron chi connectivity index (χ0n) is 16.4. The lowest BCUT2D eigenvalue weighted by Crippen LogP contribution is -2.20. The van der Waals surface area contributed by atoms with E-state index in [0.29, 0.717) is 16.5 Å². The van der Waals surface area contributed by atoms with Gasteiger partial charge in [-0.15, -0.1) is 0 Å². The lowest BCUT2D eigenvalue weighted by Gasteiger charge is -2.13. The molecule has 0 fully saturated rings. The molecule has 9 nitrogen and oxygen atoms in total. The van der Waals surface area contributed by atoms with E-state index in [2.05, 4.69) is 5.32 Å². The first-order valence-corrected chi connectivity index (χ1v) is 9.11. The Bertz CT molecular complexity index is 933. The molecule has 2 aromatic carbocycles. The molecule has 0 radical (unpaired) electrons. The average Bonchev–Trinajstić information content (AvgIpc) is 2.72. The first-order valence-electron chi connectivity index (χ1n) is 8.73. The summed E-state index contributed by atoms with van der Waals surface area (Å²) < 4.78 is 20.8. The summed E-state index contributed by atoms with van der Waals surface area (Å²) in [5, 5.41) is 3.08. The fourth-order valence-electron chi connectivity index (χ4n) is 2.35. The van der Waals surface area contributed by atoms with Crippen LogP contribution in [0.5, 0.6) is 17.2 Å². The third kappa shape index (κ3) is 6.56. The van der Waals surface area contributed by atoms with Crippen molar-refractivity contribution >= 4 is 35.1 Å². The summed E-state index contributed by atoms with van der Waals surface area (Å²) in [6, 6.07) is 9.14. The van der Waals surface area contributed by atoms with Crippen LogP contribution in [0, 0.1) is 0 Å². The predicted octanol–water partition coefficient (Wildman–Crippen LogP) is 2.41. The number of amides is 2. The number of anilines is 1. The molecule has 3 N–H and O–H groups in total. The summed E-state index contributed by atoms with van der Waals surface area (Å²) >= 11 is 5.94. The van der Waals surface area contributed by atoms with E-state index in [-0.39, 0.29) is 36.7 Å². The number of halogens is 1. The maximum absolute atomic E-state index is 12.2. The van der Waals surface area contributed by atoms with Crippen LogP contribution in [0.2, 0.25) is 5.02 Å². The molecule has 0 aliphatic carbocycles. The molecule has 0 aromatic heterocycles. The maximum atomic E-state index is 12.2. The molecule has 30 heavy (non-hydrogen) atoms. The van der Waals surface area contributed by atoms with Crippen molar-refractivity contribution in [3.63, 3.8) is 0 Å². The van der Waals surface area contributed by atoms with Gasteiger partial charge in [0.05, 0.1) is 31.9 Å². The summed E-state index contributed by atoms with van der Waals surface area (Å²) in [6.07, 6.45) is -0.0728. The molecule has 0 saturated heterocycles. The number of hydrogen-bond acceptors (Lipinski definition) is 7. The number of esters is 1. The fourth-order valence-corrected chi connectivity index (χ4v) is 2.52. The van der Waals surface area contributed by atoms with Crippen LogP contribution in [0.3, 0.4) is 0 Å². The van der Waals surface area contributed by atoms with Gasteiger partial charge in [0.15, 0.2) is 18.1 Å². The van der Waals surface area contributed by atoms with Crippen molar-refractivity contribution in [3.05, 3.63) is 47.0 Å². The standard InChI is InChI=1S/C20H21ClN2O7/c1-27-15-6-4-13(21)10-14(15)23-19(25)11-30-16-5-3-12(9-17(16)28-2)20(26)29-8-7-18(22)24/h3-6,9-10H,7-8,11H2,1-2H3,(H2,22,24)(H,23,25). The van der Waals surface area contributed by atoms with E-state index in [4.69, 9.17) is 36.3 Å². The third-order valence-electron chi connectivity index (χ3n) is 3.78.